The van der Waals surface area contributed by atoms with Crippen molar-refractivity contribution in [1.82, 2.24) is 15.2 Å². The van der Waals surface area contributed by atoms with E-state index in [0.717, 1.165) is 0 Å². The van der Waals surface area contributed by atoms with Crippen LogP contribution in [-0.2, 0) is 9.59 Å². The number of ether oxygens (including phenoxy) is 1. The molecule has 3 amide bonds. The molecule has 0 aliphatic carbocycles. The number of nitrogens with two attached hydrogens (primary N) is 2. The van der Waals surface area contributed by atoms with Crippen LogP contribution in [0.3, 0.4) is 0 Å². The minimum atomic E-state index is -0.992. The minimum absolute atomic E-state index is 0.100. The van der Waals surface area contributed by atoms with Crippen molar-refractivity contribution in [3.8, 4) is 11.8 Å². The van der Waals surface area contributed by atoms with Crippen LogP contribution < -0.4 is 26.8 Å². The van der Waals surface area contributed by atoms with E-state index in [1.54, 1.807) is 28.8 Å². The molecule has 0 spiro atoms. The summed E-state index contributed by atoms with van der Waals surface area (Å²) in [7, 11) is 1.53. The van der Waals surface area contributed by atoms with Gasteiger partial charge in [-0.05, 0) is 43.4 Å². The average Bonchev–Trinajstić information content (AvgIpc) is 3.39. The summed E-state index contributed by atoms with van der Waals surface area (Å²) in [5.74, 6) is -0.852. The zero-order chi connectivity index (χ0) is 25.0. The van der Waals surface area contributed by atoms with Crippen LogP contribution in [0.4, 0.5) is 0 Å². The van der Waals surface area contributed by atoms with Crippen LogP contribution in [-0.4, -0.2) is 48.0 Å². The van der Waals surface area contributed by atoms with Gasteiger partial charge in [-0.1, -0.05) is 19.9 Å². The van der Waals surface area contributed by atoms with Gasteiger partial charge in [0.05, 0.1) is 24.7 Å². The fourth-order valence-electron chi connectivity index (χ4n) is 4.54. The molecule has 182 valence electrons. The normalized spacial score (nSPS) is 18.2. The van der Waals surface area contributed by atoms with E-state index in [1.165, 1.54) is 7.11 Å². The van der Waals surface area contributed by atoms with Gasteiger partial charge in [-0.2, -0.15) is 5.26 Å². The standard InChI is InChI=1S/C24H32N6O4/c1-13(2)9-20(24(33)29-17(16(26)12-25)10-14-7-8-28-23(14)32)30-18-5-4-6-21(34-3)15(18)11-19(30)22(27)31/h4-6,11,13-14,16-17,20H,7-10,26H2,1-3H3,(H2,27,31)(H,28,32)(H,29,33)/t14-,16?,17-,20-/m0/s1. The highest BCUT2D eigenvalue weighted by atomic mass is 16.5. The largest absolute Gasteiger partial charge is 0.496 e. The number of carbonyl (C=O) groups is 3. The van der Waals surface area contributed by atoms with Crippen molar-refractivity contribution < 1.29 is 19.1 Å². The molecule has 0 saturated carbocycles. The van der Waals surface area contributed by atoms with E-state index >= 15 is 0 Å². The lowest BCUT2D eigenvalue weighted by Gasteiger charge is -2.28. The van der Waals surface area contributed by atoms with Crippen LogP contribution in [0, 0.1) is 23.2 Å². The summed E-state index contributed by atoms with van der Waals surface area (Å²) in [6.07, 6.45) is 1.28. The van der Waals surface area contributed by atoms with E-state index < -0.39 is 29.9 Å². The molecule has 34 heavy (non-hydrogen) atoms. The second-order valence-corrected chi connectivity index (χ2v) is 9.08. The minimum Gasteiger partial charge on any atom is -0.496 e. The van der Waals surface area contributed by atoms with Crippen molar-refractivity contribution in [2.24, 2.45) is 23.3 Å². The number of primary amides is 1. The third-order valence-electron chi connectivity index (χ3n) is 6.24. The van der Waals surface area contributed by atoms with Gasteiger partial charge in [-0.15, -0.1) is 0 Å². The summed E-state index contributed by atoms with van der Waals surface area (Å²) in [5, 5.41) is 15.8. The zero-order valence-electron chi connectivity index (χ0n) is 19.7. The number of nitriles is 1. The maximum Gasteiger partial charge on any atom is 0.265 e. The van der Waals surface area contributed by atoms with E-state index in [-0.39, 0.29) is 29.9 Å². The molecule has 3 rings (SSSR count). The Morgan fingerprint density at radius 3 is 2.68 bits per heavy atom. The molecule has 1 unspecified atom stereocenters. The lowest BCUT2D eigenvalue weighted by molar-refractivity contribution is -0.127. The number of rotatable bonds is 10. The van der Waals surface area contributed by atoms with Crippen LogP contribution in [0.2, 0.25) is 0 Å². The Balaban J connectivity index is 2.02. The average molecular weight is 469 g/mol. The van der Waals surface area contributed by atoms with Crippen LogP contribution >= 0.6 is 0 Å². The van der Waals surface area contributed by atoms with E-state index in [2.05, 4.69) is 10.6 Å². The Kier molecular flexibility index (Phi) is 7.79. The maximum absolute atomic E-state index is 13.7. The van der Waals surface area contributed by atoms with Gasteiger partial charge in [-0.25, -0.2) is 0 Å². The molecule has 1 aliphatic rings. The summed E-state index contributed by atoms with van der Waals surface area (Å²) in [6, 6.07) is 6.44. The fraction of sp³-hybridized carbons (Fsp3) is 0.500. The zero-order valence-corrected chi connectivity index (χ0v) is 19.7. The van der Waals surface area contributed by atoms with Gasteiger partial charge in [-0.3, -0.25) is 14.4 Å². The van der Waals surface area contributed by atoms with Crippen LogP contribution in [0.15, 0.2) is 24.3 Å². The Labute approximate surface area is 198 Å². The van der Waals surface area contributed by atoms with Gasteiger partial charge in [0, 0.05) is 17.8 Å². The topological polar surface area (TPSA) is 165 Å². The van der Waals surface area contributed by atoms with Gasteiger partial charge in [0.2, 0.25) is 11.8 Å². The summed E-state index contributed by atoms with van der Waals surface area (Å²) in [6.45, 7) is 4.50. The van der Waals surface area contributed by atoms with Crippen molar-refractivity contribution in [2.75, 3.05) is 13.7 Å². The monoisotopic (exact) mass is 468 g/mol. The number of hydrogen-bond acceptors (Lipinski definition) is 6. The first-order valence-corrected chi connectivity index (χ1v) is 11.4. The van der Waals surface area contributed by atoms with E-state index in [0.29, 0.717) is 36.0 Å². The highest BCUT2D eigenvalue weighted by molar-refractivity contribution is 6.01. The smallest absolute Gasteiger partial charge is 0.265 e. The molecule has 0 radical (unpaired) electrons. The Hall–Kier alpha value is -3.58. The van der Waals surface area contributed by atoms with E-state index in [4.69, 9.17) is 16.2 Å². The number of nitrogens with one attached hydrogen (secondary N) is 2. The number of nitrogens with zero attached hydrogens (tertiary/aromatic N) is 2. The van der Waals surface area contributed by atoms with Crippen molar-refractivity contribution in [2.45, 2.75) is 51.2 Å². The first-order chi connectivity index (χ1) is 16.2. The van der Waals surface area contributed by atoms with Gasteiger partial charge < -0.3 is 31.4 Å². The molecule has 2 aromatic rings. The number of hydrogen-bond donors (Lipinski definition) is 4. The number of amides is 3. The molecule has 0 bridgehead atoms. The molecule has 4 atom stereocenters. The van der Waals surface area contributed by atoms with Gasteiger partial charge >= 0.3 is 0 Å². The maximum atomic E-state index is 13.7. The third-order valence-corrected chi connectivity index (χ3v) is 6.24. The SMILES string of the molecule is COc1cccc2c1cc(C(N)=O)n2[C@@H](CC(C)C)C(=O)N[C@@H](C[C@@H]1CCNC1=O)C(N)C#N. The first kappa shape index (κ1) is 25.1. The van der Waals surface area contributed by atoms with Crippen LogP contribution in [0.1, 0.15) is 49.6 Å². The number of benzene rings is 1. The number of aromatic nitrogens is 1. The molecule has 10 heteroatoms. The molecule has 1 fully saturated rings. The molecular weight excluding hydrogens is 436 g/mol. The highest BCUT2D eigenvalue weighted by Crippen LogP contribution is 2.33. The molecule has 1 saturated heterocycles. The predicted molar refractivity (Wildman–Crippen MR) is 127 cm³/mol. The molecule has 1 aromatic heterocycles. The summed E-state index contributed by atoms with van der Waals surface area (Å²) in [5.41, 5.74) is 12.5. The molecule has 6 N–H and O–H groups in total. The van der Waals surface area contributed by atoms with Crippen molar-refractivity contribution in [1.29, 1.82) is 5.26 Å². The Morgan fingerprint density at radius 1 is 1.38 bits per heavy atom. The van der Waals surface area contributed by atoms with E-state index in [1.807, 2.05) is 19.9 Å². The van der Waals surface area contributed by atoms with Crippen molar-refractivity contribution in [3.05, 3.63) is 30.0 Å². The predicted octanol–water partition coefficient (Wildman–Crippen LogP) is 1.20. The highest BCUT2D eigenvalue weighted by Gasteiger charge is 2.34. The summed E-state index contributed by atoms with van der Waals surface area (Å²) in [4.78, 5) is 38.1. The number of carbonyl (C=O) groups excluding carboxylic acids is 3. The second-order valence-electron chi connectivity index (χ2n) is 9.08. The lowest BCUT2D eigenvalue weighted by Crippen LogP contribution is -2.50. The quantitative estimate of drug-likeness (QED) is 0.409. The molecule has 2 heterocycles. The van der Waals surface area contributed by atoms with Crippen molar-refractivity contribution in [3.63, 3.8) is 0 Å². The fourth-order valence-corrected chi connectivity index (χ4v) is 4.54. The number of fused-ring (bicyclic) bond motifs is 1. The molecule has 1 aliphatic heterocycles. The molecule has 1 aromatic carbocycles. The Morgan fingerprint density at radius 2 is 2.12 bits per heavy atom. The van der Waals surface area contributed by atoms with Gasteiger partial charge in [0.1, 0.15) is 23.5 Å². The van der Waals surface area contributed by atoms with Gasteiger partial charge in [0.25, 0.3) is 5.91 Å². The van der Waals surface area contributed by atoms with Crippen molar-refractivity contribution >= 4 is 28.6 Å². The molecule has 10 nitrogen and oxygen atoms in total. The number of methoxy groups -OCH3 is 1. The van der Waals surface area contributed by atoms with E-state index in [9.17, 15) is 19.6 Å². The lowest BCUT2D eigenvalue weighted by atomic mass is 9.93. The second kappa shape index (κ2) is 10.6. The Bertz CT molecular complexity index is 1120. The van der Waals surface area contributed by atoms with Gasteiger partial charge in [0.15, 0.2) is 0 Å². The van der Waals surface area contributed by atoms with Crippen LogP contribution in [0.5, 0.6) is 5.75 Å². The summed E-state index contributed by atoms with van der Waals surface area (Å²) >= 11 is 0. The molecular formula is C24H32N6O4. The first-order valence-electron chi connectivity index (χ1n) is 11.4. The summed E-state index contributed by atoms with van der Waals surface area (Å²) < 4.78 is 7.07. The third kappa shape index (κ3) is 5.15. The van der Waals surface area contributed by atoms with Crippen LogP contribution in [0.25, 0.3) is 10.9 Å².